The molecule has 29 heteroatoms. The van der Waals surface area contributed by atoms with Gasteiger partial charge in [-0.25, -0.2) is 0 Å². The third kappa shape index (κ3) is 28.6. The summed E-state index contributed by atoms with van der Waals surface area (Å²) in [5.74, 6) is -11.0. The average Bonchev–Trinajstić information content (AvgIpc) is 0.757. The minimum atomic E-state index is -2.20. The number of aliphatic hydroxyl groups is 1. The van der Waals surface area contributed by atoms with E-state index in [-0.39, 0.29) is 100 Å². The number of nitrogens with one attached hydrogen (secondary N) is 6. The van der Waals surface area contributed by atoms with Gasteiger partial charge in [0.1, 0.15) is 83.6 Å². The summed E-state index contributed by atoms with van der Waals surface area (Å²) in [6.07, 6.45) is 3.38. The number of allylic oxidation sites excluding steroid dienone is 1. The van der Waals surface area contributed by atoms with Crippen LogP contribution in [-0.4, -0.2) is 271 Å². The van der Waals surface area contributed by atoms with Crippen LogP contribution in [0.1, 0.15) is 172 Å². The van der Waals surface area contributed by atoms with Crippen LogP contribution in [-0.2, 0) is 62.3 Å². The first-order valence-electron chi connectivity index (χ1n) is 43.1. The second-order valence-electron chi connectivity index (χ2n) is 35.1. The van der Waals surface area contributed by atoms with Crippen LogP contribution in [0.5, 0.6) is 0 Å². The van der Waals surface area contributed by atoms with E-state index >= 15 is 19.2 Å². The van der Waals surface area contributed by atoms with Gasteiger partial charge in [-0.3, -0.25) is 62.3 Å². The highest BCUT2D eigenvalue weighted by atomic mass is 31.2. The number of rotatable bonds is 29. The molecule has 1 heterocycles. The zero-order chi connectivity index (χ0) is 91.3. The summed E-state index contributed by atoms with van der Waals surface area (Å²) in [5, 5.41) is 33.2. The molecular weight excluding hydrogens is 1570 g/mol. The second-order valence-corrected chi connectivity index (χ2v) is 38.7. The van der Waals surface area contributed by atoms with Crippen molar-refractivity contribution in [1.82, 2.24) is 66.2 Å². The minimum absolute atomic E-state index is 0.0404. The first kappa shape index (κ1) is 103. The Morgan fingerprint density at radius 3 is 1.39 bits per heavy atom. The van der Waals surface area contributed by atoms with Crippen LogP contribution in [0.3, 0.4) is 0 Å². The highest BCUT2D eigenvalue weighted by Gasteiger charge is 2.48. The number of hydrogen-bond acceptors (Lipinski definition) is 15. The van der Waals surface area contributed by atoms with Crippen LogP contribution in [0.2, 0.25) is 0 Å². The quantitative estimate of drug-likeness (QED) is 0.0221. The summed E-state index contributed by atoms with van der Waals surface area (Å²) in [5.41, 5.74) is 1.07. The van der Waals surface area contributed by atoms with Gasteiger partial charge in [-0.1, -0.05) is 176 Å². The van der Waals surface area contributed by atoms with E-state index in [2.05, 4.69) is 68.3 Å². The van der Waals surface area contributed by atoms with Crippen molar-refractivity contribution in [3.8, 4) is 0 Å². The third-order valence-electron chi connectivity index (χ3n) is 22.7. The van der Waals surface area contributed by atoms with Crippen molar-refractivity contribution in [2.45, 2.75) is 222 Å². The van der Waals surface area contributed by atoms with Crippen molar-refractivity contribution in [3.63, 3.8) is 0 Å². The summed E-state index contributed by atoms with van der Waals surface area (Å²) in [6, 6.07) is 25.0. The van der Waals surface area contributed by atoms with Gasteiger partial charge in [-0.15, -0.1) is 0 Å². The maximum atomic E-state index is 15.6. The maximum Gasteiger partial charge on any atom is 0.251 e. The Morgan fingerprint density at radius 1 is 0.475 bits per heavy atom. The van der Waals surface area contributed by atoms with Gasteiger partial charge < -0.3 is 76.0 Å². The van der Waals surface area contributed by atoms with Crippen LogP contribution in [0, 0.1) is 41.4 Å². The van der Waals surface area contributed by atoms with Crippen molar-refractivity contribution < 1.29 is 72.2 Å². The van der Waals surface area contributed by atoms with Crippen LogP contribution < -0.4 is 47.8 Å². The van der Waals surface area contributed by atoms with Gasteiger partial charge in [0.05, 0.1) is 38.4 Å². The standard InChI is InChI=1S/C93H140N13O15P/c1-24-72-89(116)100(17)57-78(108)101(18)73(53-58(2)3)86(113)99-79(62(10)11)92(119)102(19)74(54-59(4)5)85(112)96-65(15)83(110)97-66(16)88(115)103(20)75(55-60(6)7)90(117)104(21)76(56-61(8)9)91(118)105(22)80(63(12)13)93(120)106(23)81(87(114)98-72)82(109)64(14)35-34-36-67-43-45-68(46-44-67)84(111)95-49-51-121-50-48-94-77(107)47-52-122(69-37-28-25-29-38-69,70-39-30-26-31-40-70)71-41-32-27-33-42-71/h25-34,36-46,58-66,72-76,79-82,109H,24,35,47-57H2,1-23H3,(H5-,94,95,96,97,98,99,107,110,111,112,113,114)/p+1/b36-34+/t64-,65+,66-,72+,73+,74+,75+,76+,79+,80+,81+,82-/m1/s1. The molecule has 0 saturated carbocycles. The van der Waals surface area contributed by atoms with Crippen molar-refractivity contribution in [2.24, 2.45) is 41.4 Å². The highest BCUT2D eigenvalue weighted by Crippen LogP contribution is 2.55. The maximum absolute atomic E-state index is 15.6. The Kier molecular flexibility index (Phi) is 41.1. The molecule has 12 atom stereocenters. The first-order chi connectivity index (χ1) is 57.4. The molecule has 1 aliphatic rings. The Labute approximate surface area is 725 Å². The third-order valence-corrected chi connectivity index (χ3v) is 27.1. The highest BCUT2D eigenvalue weighted by molar-refractivity contribution is 7.95. The number of amides is 13. The average molecular weight is 1710 g/mol. The molecule has 672 valence electrons. The molecule has 5 rings (SSSR count). The van der Waals surface area contributed by atoms with E-state index in [0.717, 1.165) is 9.80 Å². The number of carbonyl (C=O) groups excluding carboxylic acids is 13. The van der Waals surface area contributed by atoms with Gasteiger partial charge >= 0.3 is 0 Å². The van der Waals surface area contributed by atoms with Crippen LogP contribution >= 0.6 is 7.26 Å². The SMILES string of the molecule is CC[C@@H]1NC(=O)[C@H]([C@H](O)[C@H](C)C/C=C/c2ccc(C(=O)NCCOCCNC(=O)CC[P+](c3ccccc3)(c3ccccc3)c3ccccc3)cc2)N(C)C(=O)[C@H](C(C)C)N(C)C(=O)[C@H](CC(C)C)N(C)C(=O)[C@H](CC(C)C)N(C)C(=O)[C@@H](C)NC(=O)[C@H](C)NC(=O)[C@H](CC(C)C)N(C)C(=O)[C@H](C(C)C)NC(=O)[C@H](CC(C)C)N(C)C(=O)CN(C)C1=O. The Morgan fingerprint density at radius 2 is 0.910 bits per heavy atom. The molecule has 13 amide bonds. The summed E-state index contributed by atoms with van der Waals surface area (Å²) < 4.78 is 5.81. The molecule has 0 aromatic heterocycles. The zero-order valence-corrected chi connectivity index (χ0v) is 77.3. The van der Waals surface area contributed by atoms with E-state index < -0.39 is 163 Å². The minimum Gasteiger partial charge on any atom is -0.390 e. The van der Waals surface area contributed by atoms with Gasteiger partial charge in [-0.2, -0.15) is 0 Å². The van der Waals surface area contributed by atoms with Crippen molar-refractivity contribution >= 4 is 106 Å². The Hall–Kier alpha value is -9.92. The van der Waals surface area contributed by atoms with Crippen LogP contribution in [0.4, 0.5) is 0 Å². The summed E-state index contributed by atoms with van der Waals surface area (Å²) in [7, 11) is 7.62. The molecule has 1 aliphatic heterocycles. The molecule has 0 radical (unpaired) electrons. The van der Waals surface area contributed by atoms with E-state index in [0.29, 0.717) is 23.7 Å². The monoisotopic (exact) mass is 1710 g/mol. The van der Waals surface area contributed by atoms with E-state index in [9.17, 15) is 48.3 Å². The number of aliphatic hydroxyl groups excluding tert-OH is 1. The number of benzene rings is 4. The fourth-order valence-corrected chi connectivity index (χ4v) is 19.7. The summed E-state index contributed by atoms with van der Waals surface area (Å²) in [4.78, 5) is 198. The van der Waals surface area contributed by atoms with E-state index in [1.54, 1.807) is 78.0 Å². The molecular formula is C93H141N13O15P+. The largest absolute Gasteiger partial charge is 0.390 e. The predicted molar refractivity (Wildman–Crippen MR) is 480 cm³/mol. The van der Waals surface area contributed by atoms with Crippen LogP contribution in [0.15, 0.2) is 121 Å². The first-order valence-corrected chi connectivity index (χ1v) is 45.1. The molecule has 28 nitrogen and oxygen atoms in total. The van der Waals surface area contributed by atoms with Crippen LogP contribution in [0.25, 0.3) is 6.08 Å². The lowest BCUT2D eigenvalue weighted by molar-refractivity contribution is -0.157. The zero-order valence-electron chi connectivity index (χ0n) is 76.4. The smallest absolute Gasteiger partial charge is 0.251 e. The lowest BCUT2D eigenvalue weighted by Gasteiger charge is -2.41. The molecule has 0 spiro atoms. The number of likely N-dealkylation sites (N-methyl/N-ethyl adjacent to an activating group) is 7. The summed E-state index contributed by atoms with van der Waals surface area (Å²) in [6.45, 7) is 28.2. The molecule has 0 unspecified atom stereocenters. The molecule has 0 bridgehead atoms. The second kappa shape index (κ2) is 48.8. The van der Waals surface area contributed by atoms with Gasteiger partial charge in [0, 0.05) is 68.0 Å². The van der Waals surface area contributed by atoms with Gasteiger partial charge in [0.25, 0.3) is 5.91 Å². The molecule has 4 aromatic carbocycles. The number of nitrogens with zero attached hydrogens (tertiary/aromatic N) is 7. The Bertz CT molecular complexity index is 4050. The molecule has 1 fully saturated rings. The molecule has 7 N–H and O–H groups in total. The summed E-state index contributed by atoms with van der Waals surface area (Å²) >= 11 is 0. The lowest BCUT2D eigenvalue weighted by Crippen LogP contribution is -2.63. The molecule has 0 aliphatic carbocycles. The van der Waals surface area contributed by atoms with E-state index in [1.807, 2.05) is 110 Å². The van der Waals surface area contributed by atoms with E-state index in [1.165, 1.54) is 104 Å². The predicted octanol–water partition coefficient (Wildman–Crippen LogP) is 6.65. The van der Waals surface area contributed by atoms with Crippen molar-refractivity contribution in [2.75, 3.05) is 88.3 Å². The molecule has 4 aromatic rings. The van der Waals surface area contributed by atoms with Crippen molar-refractivity contribution in [1.29, 1.82) is 0 Å². The number of hydrogen-bond donors (Lipinski definition) is 7. The van der Waals surface area contributed by atoms with Gasteiger partial charge in [0.15, 0.2) is 0 Å². The normalized spacial score (nSPS) is 22.2. The number of ether oxygens (including phenoxy) is 1. The lowest BCUT2D eigenvalue weighted by atomic mass is 9.91. The fraction of sp³-hybridized carbons (Fsp3) is 0.581. The van der Waals surface area contributed by atoms with Crippen molar-refractivity contribution in [3.05, 3.63) is 132 Å². The van der Waals surface area contributed by atoms with E-state index in [4.69, 9.17) is 4.74 Å². The molecule has 1 saturated heterocycles. The fourth-order valence-electron chi connectivity index (χ4n) is 15.4. The Balaban J connectivity index is 1.42. The van der Waals surface area contributed by atoms with Gasteiger partial charge in [0.2, 0.25) is 70.9 Å². The van der Waals surface area contributed by atoms with Gasteiger partial charge in [-0.05, 0) is 148 Å². The number of carbonyl (C=O) groups is 13. The topological polar surface area (TPSA) is 346 Å². The molecule has 122 heavy (non-hydrogen) atoms.